The van der Waals surface area contributed by atoms with Gasteiger partial charge in [-0.3, -0.25) is 4.79 Å². The van der Waals surface area contributed by atoms with Gasteiger partial charge in [-0.05, 0) is 19.9 Å². The molecule has 0 aliphatic carbocycles. The lowest BCUT2D eigenvalue weighted by atomic mass is 10.0. The molecule has 112 valence electrons. The molecule has 0 atom stereocenters. The van der Waals surface area contributed by atoms with Crippen molar-refractivity contribution in [3.8, 4) is 23.3 Å². The quantitative estimate of drug-likeness (QED) is 0.865. The molecule has 2 rings (SSSR count). The third kappa shape index (κ3) is 4.16. The van der Waals surface area contributed by atoms with E-state index in [1.807, 2.05) is 19.1 Å². The standard InChI is InChI=1S/C17H21NO3/c1-4-15(19)18-10-5-6-11-20-14-9-7-8-13-12-17(2,3)21-16(13)14/h7-9H,4,10-12H2,1-3H3,(H,18,19). The summed E-state index contributed by atoms with van der Waals surface area (Å²) < 4.78 is 11.6. The predicted molar refractivity (Wildman–Crippen MR) is 81.4 cm³/mol. The van der Waals surface area contributed by atoms with Crippen molar-refractivity contribution in [1.82, 2.24) is 5.32 Å². The van der Waals surface area contributed by atoms with E-state index < -0.39 is 0 Å². The molecule has 1 aliphatic rings. The molecular formula is C17H21NO3. The van der Waals surface area contributed by atoms with Gasteiger partial charge in [0, 0.05) is 18.4 Å². The minimum absolute atomic E-state index is 0.00160. The number of para-hydroxylation sites is 1. The van der Waals surface area contributed by atoms with Crippen molar-refractivity contribution in [3.05, 3.63) is 23.8 Å². The molecular weight excluding hydrogens is 266 g/mol. The summed E-state index contributed by atoms with van der Waals surface area (Å²) in [6.45, 7) is 6.57. The third-order valence-electron chi connectivity index (χ3n) is 3.17. The zero-order valence-corrected chi connectivity index (χ0v) is 12.8. The maximum Gasteiger partial charge on any atom is 0.220 e. The molecule has 0 spiro atoms. The van der Waals surface area contributed by atoms with Gasteiger partial charge in [-0.15, -0.1) is 0 Å². The zero-order valence-electron chi connectivity index (χ0n) is 12.8. The third-order valence-corrected chi connectivity index (χ3v) is 3.17. The van der Waals surface area contributed by atoms with E-state index >= 15 is 0 Å². The lowest BCUT2D eigenvalue weighted by Crippen LogP contribution is -2.24. The summed E-state index contributed by atoms with van der Waals surface area (Å²) in [5.74, 6) is 7.29. The Hall–Kier alpha value is -2.15. The van der Waals surface area contributed by atoms with Crippen LogP contribution in [-0.4, -0.2) is 24.7 Å². The first-order valence-electron chi connectivity index (χ1n) is 7.18. The van der Waals surface area contributed by atoms with Gasteiger partial charge in [0.2, 0.25) is 5.91 Å². The molecule has 4 nitrogen and oxygen atoms in total. The summed E-state index contributed by atoms with van der Waals surface area (Å²) in [5.41, 5.74) is 0.985. The number of amides is 1. The Morgan fingerprint density at radius 2 is 2.24 bits per heavy atom. The van der Waals surface area contributed by atoms with Crippen LogP contribution < -0.4 is 14.8 Å². The Morgan fingerprint density at radius 3 is 3.00 bits per heavy atom. The molecule has 0 unspecified atom stereocenters. The number of carbonyl (C=O) groups is 1. The lowest BCUT2D eigenvalue weighted by Gasteiger charge is -2.17. The number of fused-ring (bicyclic) bond motifs is 1. The van der Waals surface area contributed by atoms with Crippen molar-refractivity contribution in [3.63, 3.8) is 0 Å². The Balaban J connectivity index is 1.87. The molecule has 21 heavy (non-hydrogen) atoms. The highest BCUT2D eigenvalue weighted by atomic mass is 16.5. The van der Waals surface area contributed by atoms with Gasteiger partial charge in [0.1, 0.15) is 12.2 Å². The number of carbonyl (C=O) groups excluding carboxylic acids is 1. The largest absolute Gasteiger partial charge is 0.483 e. The molecule has 0 bridgehead atoms. The summed E-state index contributed by atoms with van der Waals surface area (Å²) >= 11 is 0. The molecule has 0 saturated heterocycles. The fourth-order valence-corrected chi connectivity index (χ4v) is 2.20. The van der Waals surface area contributed by atoms with Crippen LogP contribution in [0.15, 0.2) is 18.2 Å². The Morgan fingerprint density at radius 1 is 1.43 bits per heavy atom. The number of nitrogens with one attached hydrogen (secondary N) is 1. The van der Waals surface area contributed by atoms with Crippen LogP contribution in [0.3, 0.4) is 0 Å². The number of hydrogen-bond acceptors (Lipinski definition) is 3. The van der Waals surface area contributed by atoms with Crippen molar-refractivity contribution in [1.29, 1.82) is 0 Å². The first-order chi connectivity index (χ1) is 10.0. The van der Waals surface area contributed by atoms with Gasteiger partial charge in [0.25, 0.3) is 0 Å². The minimum Gasteiger partial charge on any atom is -0.483 e. The number of hydrogen-bond donors (Lipinski definition) is 1. The topological polar surface area (TPSA) is 47.6 Å². The van der Waals surface area contributed by atoms with Crippen LogP contribution in [0.5, 0.6) is 11.5 Å². The van der Waals surface area contributed by atoms with Crippen LogP contribution in [0, 0.1) is 11.8 Å². The van der Waals surface area contributed by atoms with Crippen LogP contribution in [0.25, 0.3) is 0 Å². The average Bonchev–Trinajstić information content (AvgIpc) is 2.76. The van der Waals surface area contributed by atoms with Crippen LogP contribution in [0.4, 0.5) is 0 Å². The molecule has 0 fully saturated rings. The highest BCUT2D eigenvalue weighted by Gasteiger charge is 2.32. The SMILES string of the molecule is CCC(=O)NCC#CCOc1cccc2c1OC(C)(C)C2. The van der Waals surface area contributed by atoms with Crippen LogP contribution in [0.2, 0.25) is 0 Å². The second-order valence-corrected chi connectivity index (χ2v) is 5.56. The molecule has 0 saturated carbocycles. The van der Waals surface area contributed by atoms with Crippen molar-refractivity contribution in [2.24, 2.45) is 0 Å². The van der Waals surface area contributed by atoms with Gasteiger partial charge in [-0.2, -0.15) is 0 Å². The van der Waals surface area contributed by atoms with Gasteiger partial charge in [-0.25, -0.2) is 0 Å². The maximum absolute atomic E-state index is 11.0. The predicted octanol–water partition coefficient (Wildman–Crippen LogP) is 2.31. The highest BCUT2D eigenvalue weighted by Crippen LogP contribution is 2.41. The molecule has 1 aromatic carbocycles. The first-order valence-corrected chi connectivity index (χ1v) is 7.18. The van der Waals surface area contributed by atoms with Gasteiger partial charge < -0.3 is 14.8 Å². The van der Waals surface area contributed by atoms with Crippen LogP contribution >= 0.6 is 0 Å². The van der Waals surface area contributed by atoms with E-state index in [2.05, 4.69) is 37.1 Å². The Bertz CT molecular complexity index is 581. The average molecular weight is 287 g/mol. The van der Waals surface area contributed by atoms with Crippen LogP contribution in [-0.2, 0) is 11.2 Å². The summed E-state index contributed by atoms with van der Waals surface area (Å²) in [7, 11) is 0. The van der Waals surface area contributed by atoms with E-state index in [0.29, 0.717) is 13.0 Å². The summed E-state index contributed by atoms with van der Waals surface area (Å²) in [6, 6.07) is 5.91. The van der Waals surface area contributed by atoms with Crippen molar-refractivity contribution < 1.29 is 14.3 Å². The molecule has 1 aromatic rings. The molecule has 0 radical (unpaired) electrons. The van der Waals surface area contributed by atoms with Gasteiger partial charge in [0.05, 0.1) is 6.54 Å². The van der Waals surface area contributed by atoms with Crippen LogP contribution in [0.1, 0.15) is 32.8 Å². The number of benzene rings is 1. The van der Waals surface area contributed by atoms with E-state index in [-0.39, 0.29) is 18.1 Å². The normalized spacial score (nSPS) is 14.4. The summed E-state index contributed by atoms with van der Waals surface area (Å²) in [5, 5.41) is 2.69. The number of ether oxygens (including phenoxy) is 2. The van der Waals surface area contributed by atoms with Gasteiger partial charge in [0.15, 0.2) is 11.5 Å². The zero-order chi connectivity index (χ0) is 15.3. The minimum atomic E-state index is -0.183. The highest BCUT2D eigenvalue weighted by molar-refractivity contribution is 5.75. The fourth-order valence-electron chi connectivity index (χ4n) is 2.20. The van der Waals surface area contributed by atoms with E-state index in [4.69, 9.17) is 9.47 Å². The van der Waals surface area contributed by atoms with Crippen molar-refractivity contribution >= 4 is 5.91 Å². The number of rotatable bonds is 4. The van der Waals surface area contributed by atoms with E-state index in [9.17, 15) is 4.79 Å². The first kappa shape index (κ1) is 15.2. The maximum atomic E-state index is 11.0. The second-order valence-electron chi connectivity index (χ2n) is 5.56. The summed E-state index contributed by atoms with van der Waals surface area (Å²) in [4.78, 5) is 11.0. The van der Waals surface area contributed by atoms with Crippen molar-refractivity contribution in [2.75, 3.05) is 13.2 Å². The van der Waals surface area contributed by atoms with E-state index in [0.717, 1.165) is 17.9 Å². The molecule has 1 heterocycles. The lowest BCUT2D eigenvalue weighted by molar-refractivity contribution is -0.120. The van der Waals surface area contributed by atoms with E-state index in [1.165, 1.54) is 5.56 Å². The smallest absolute Gasteiger partial charge is 0.220 e. The molecule has 1 aliphatic heterocycles. The molecule has 1 amide bonds. The molecule has 0 aromatic heterocycles. The Kier molecular flexibility index (Phi) is 4.74. The van der Waals surface area contributed by atoms with Gasteiger partial charge >= 0.3 is 0 Å². The monoisotopic (exact) mass is 287 g/mol. The van der Waals surface area contributed by atoms with Gasteiger partial charge in [-0.1, -0.05) is 30.9 Å². The fraction of sp³-hybridized carbons (Fsp3) is 0.471. The second kappa shape index (κ2) is 6.53. The molecule has 4 heteroatoms. The van der Waals surface area contributed by atoms with Crippen molar-refractivity contribution in [2.45, 2.75) is 39.2 Å². The summed E-state index contributed by atoms with van der Waals surface area (Å²) in [6.07, 6.45) is 1.36. The Labute approximate surface area is 125 Å². The van der Waals surface area contributed by atoms with E-state index in [1.54, 1.807) is 0 Å². The molecule has 1 N–H and O–H groups in total.